The number of non-ortho nitro benzene ring substituents is 1. The van der Waals surface area contributed by atoms with E-state index in [4.69, 9.17) is 4.42 Å². The fourth-order valence-corrected chi connectivity index (χ4v) is 1.56. The molecule has 0 spiro atoms. The Kier molecular flexibility index (Phi) is 3.60. The number of aromatic nitrogens is 1. The van der Waals surface area contributed by atoms with Crippen molar-refractivity contribution in [2.24, 2.45) is 0 Å². The number of amides is 1. The zero-order valence-electron chi connectivity index (χ0n) is 10.2. The predicted molar refractivity (Wildman–Crippen MR) is 67.8 cm³/mol. The number of anilines is 1. The summed E-state index contributed by atoms with van der Waals surface area (Å²) < 4.78 is 5.32. The summed E-state index contributed by atoms with van der Waals surface area (Å²) in [5, 5.41) is 16.1. The molecule has 0 fully saturated rings. The summed E-state index contributed by atoms with van der Waals surface area (Å²) in [6.07, 6.45) is 0.261. The maximum absolute atomic E-state index is 11.0. The van der Waals surface area contributed by atoms with Gasteiger partial charge in [0.25, 0.3) is 11.7 Å². The lowest BCUT2D eigenvalue weighted by Gasteiger charge is -1.99. The third-order valence-corrected chi connectivity index (χ3v) is 2.50. The SMILES string of the molecule is CNC(=O)CCNc1nc2c([N+](=O)[O-])cccc2o1. The molecule has 100 valence electrons. The summed E-state index contributed by atoms with van der Waals surface area (Å²) in [4.78, 5) is 25.3. The van der Waals surface area contributed by atoms with Crippen LogP contribution in [0.3, 0.4) is 0 Å². The topological polar surface area (TPSA) is 110 Å². The van der Waals surface area contributed by atoms with E-state index >= 15 is 0 Å². The molecule has 1 heterocycles. The molecule has 2 aromatic rings. The lowest BCUT2D eigenvalue weighted by Crippen LogP contribution is -2.20. The maximum atomic E-state index is 11.0. The number of carbonyl (C=O) groups is 1. The van der Waals surface area contributed by atoms with E-state index < -0.39 is 4.92 Å². The number of nitro benzene ring substituents is 1. The van der Waals surface area contributed by atoms with Crippen LogP contribution in [0.1, 0.15) is 6.42 Å². The first kappa shape index (κ1) is 12.8. The number of rotatable bonds is 5. The van der Waals surface area contributed by atoms with Crippen LogP contribution >= 0.6 is 0 Å². The van der Waals surface area contributed by atoms with E-state index in [1.165, 1.54) is 12.1 Å². The molecule has 0 atom stereocenters. The number of carbonyl (C=O) groups excluding carboxylic acids is 1. The van der Waals surface area contributed by atoms with Crippen molar-refractivity contribution in [2.45, 2.75) is 6.42 Å². The third-order valence-electron chi connectivity index (χ3n) is 2.50. The summed E-state index contributed by atoms with van der Waals surface area (Å²) >= 11 is 0. The van der Waals surface area contributed by atoms with Crippen LogP contribution in [0.25, 0.3) is 11.1 Å². The standard InChI is InChI=1S/C11H12N4O4/c1-12-9(16)5-6-13-11-14-10-7(15(17)18)3-2-4-8(10)19-11/h2-4H,5-6H2,1H3,(H,12,16)(H,13,14). The van der Waals surface area contributed by atoms with Crippen molar-refractivity contribution in [1.29, 1.82) is 0 Å². The van der Waals surface area contributed by atoms with Gasteiger partial charge in [0.05, 0.1) is 4.92 Å². The number of nitrogens with one attached hydrogen (secondary N) is 2. The van der Waals surface area contributed by atoms with Gasteiger partial charge in [-0.05, 0) is 6.07 Å². The molecule has 8 heteroatoms. The first-order valence-electron chi connectivity index (χ1n) is 5.60. The van der Waals surface area contributed by atoms with Crippen molar-refractivity contribution >= 4 is 28.7 Å². The van der Waals surface area contributed by atoms with Crippen LogP contribution in [0.15, 0.2) is 22.6 Å². The van der Waals surface area contributed by atoms with E-state index in [2.05, 4.69) is 15.6 Å². The minimum absolute atomic E-state index is 0.111. The Morgan fingerprint density at radius 3 is 3.00 bits per heavy atom. The number of hydrogen-bond donors (Lipinski definition) is 2. The number of oxazole rings is 1. The van der Waals surface area contributed by atoms with Gasteiger partial charge in [-0.2, -0.15) is 4.98 Å². The molecule has 1 aromatic heterocycles. The highest BCUT2D eigenvalue weighted by molar-refractivity contribution is 5.84. The van der Waals surface area contributed by atoms with Gasteiger partial charge in [-0.1, -0.05) is 6.07 Å². The quantitative estimate of drug-likeness (QED) is 0.621. The van der Waals surface area contributed by atoms with Crippen LogP contribution in [0.4, 0.5) is 11.7 Å². The van der Waals surface area contributed by atoms with Gasteiger partial charge in [0.1, 0.15) is 0 Å². The fourth-order valence-electron chi connectivity index (χ4n) is 1.56. The van der Waals surface area contributed by atoms with Gasteiger partial charge < -0.3 is 15.1 Å². The van der Waals surface area contributed by atoms with E-state index in [0.717, 1.165) is 0 Å². The molecule has 0 aliphatic rings. The normalized spacial score (nSPS) is 10.4. The number of nitro groups is 1. The van der Waals surface area contributed by atoms with E-state index in [9.17, 15) is 14.9 Å². The number of hydrogen-bond acceptors (Lipinski definition) is 6. The van der Waals surface area contributed by atoms with Gasteiger partial charge >= 0.3 is 0 Å². The Balaban J connectivity index is 2.15. The summed E-state index contributed by atoms with van der Waals surface area (Å²) in [6.45, 7) is 0.334. The lowest BCUT2D eigenvalue weighted by atomic mass is 10.3. The molecule has 0 saturated carbocycles. The monoisotopic (exact) mass is 264 g/mol. The summed E-state index contributed by atoms with van der Waals surface area (Å²) in [7, 11) is 1.55. The molecule has 0 aliphatic heterocycles. The molecular formula is C11H12N4O4. The van der Waals surface area contributed by atoms with Crippen molar-refractivity contribution in [1.82, 2.24) is 10.3 Å². The lowest BCUT2D eigenvalue weighted by molar-refractivity contribution is -0.383. The molecule has 0 aliphatic carbocycles. The highest BCUT2D eigenvalue weighted by atomic mass is 16.6. The first-order valence-corrected chi connectivity index (χ1v) is 5.60. The molecular weight excluding hydrogens is 252 g/mol. The van der Waals surface area contributed by atoms with E-state index in [-0.39, 0.29) is 29.5 Å². The highest BCUT2D eigenvalue weighted by Gasteiger charge is 2.17. The molecule has 1 aromatic carbocycles. The van der Waals surface area contributed by atoms with Gasteiger partial charge in [0.2, 0.25) is 5.91 Å². The zero-order valence-corrected chi connectivity index (χ0v) is 10.2. The van der Waals surface area contributed by atoms with Crippen LogP contribution in [0.5, 0.6) is 0 Å². The Hall–Kier alpha value is -2.64. The van der Waals surface area contributed by atoms with Crippen molar-refractivity contribution in [3.63, 3.8) is 0 Å². The molecule has 0 bridgehead atoms. The van der Waals surface area contributed by atoms with E-state index in [0.29, 0.717) is 12.1 Å². The zero-order chi connectivity index (χ0) is 13.8. The molecule has 0 radical (unpaired) electrons. The Labute approximate surface area is 108 Å². The van der Waals surface area contributed by atoms with Crippen LogP contribution in [-0.2, 0) is 4.79 Å². The molecule has 0 saturated heterocycles. The second-order valence-corrected chi connectivity index (χ2v) is 3.75. The fraction of sp³-hybridized carbons (Fsp3) is 0.273. The van der Waals surface area contributed by atoms with Gasteiger partial charge in [0.15, 0.2) is 11.1 Å². The van der Waals surface area contributed by atoms with Crippen LogP contribution < -0.4 is 10.6 Å². The second-order valence-electron chi connectivity index (χ2n) is 3.75. The minimum Gasteiger partial charge on any atom is -0.423 e. The van der Waals surface area contributed by atoms with Crippen LogP contribution in [0, 0.1) is 10.1 Å². The van der Waals surface area contributed by atoms with Crippen molar-refractivity contribution in [2.75, 3.05) is 18.9 Å². The molecule has 1 amide bonds. The van der Waals surface area contributed by atoms with E-state index in [1.807, 2.05) is 0 Å². The molecule has 0 unspecified atom stereocenters. The van der Waals surface area contributed by atoms with Crippen molar-refractivity contribution < 1.29 is 14.1 Å². The Morgan fingerprint density at radius 2 is 2.32 bits per heavy atom. The summed E-state index contributed by atoms with van der Waals surface area (Å²) in [6, 6.07) is 4.64. The average molecular weight is 264 g/mol. The van der Waals surface area contributed by atoms with Gasteiger partial charge in [-0.3, -0.25) is 14.9 Å². The molecule has 2 N–H and O–H groups in total. The Morgan fingerprint density at radius 1 is 1.53 bits per heavy atom. The van der Waals surface area contributed by atoms with Crippen LogP contribution in [-0.4, -0.2) is 29.4 Å². The average Bonchev–Trinajstić information content (AvgIpc) is 2.80. The van der Waals surface area contributed by atoms with Crippen molar-refractivity contribution in [3.8, 4) is 0 Å². The highest BCUT2D eigenvalue weighted by Crippen LogP contribution is 2.27. The number of fused-ring (bicyclic) bond motifs is 1. The van der Waals surface area contributed by atoms with Crippen LogP contribution in [0.2, 0.25) is 0 Å². The number of para-hydroxylation sites is 1. The van der Waals surface area contributed by atoms with Crippen molar-refractivity contribution in [3.05, 3.63) is 28.3 Å². The Bertz CT molecular complexity index is 622. The molecule has 8 nitrogen and oxygen atoms in total. The predicted octanol–water partition coefficient (Wildman–Crippen LogP) is 1.28. The number of benzene rings is 1. The molecule has 2 rings (SSSR count). The second kappa shape index (κ2) is 5.34. The smallest absolute Gasteiger partial charge is 0.298 e. The first-order chi connectivity index (χ1) is 9.11. The van der Waals surface area contributed by atoms with Gasteiger partial charge in [-0.25, -0.2) is 0 Å². The van der Waals surface area contributed by atoms with E-state index in [1.54, 1.807) is 13.1 Å². The minimum atomic E-state index is -0.515. The number of nitrogens with zero attached hydrogens (tertiary/aromatic N) is 2. The molecule has 19 heavy (non-hydrogen) atoms. The largest absolute Gasteiger partial charge is 0.423 e. The van der Waals surface area contributed by atoms with Gasteiger partial charge in [-0.15, -0.1) is 0 Å². The van der Waals surface area contributed by atoms with Gasteiger partial charge in [0, 0.05) is 26.1 Å². The summed E-state index contributed by atoms with van der Waals surface area (Å²) in [5.74, 6) is -0.116. The third kappa shape index (κ3) is 2.79. The maximum Gasteiger partial charge on any atom is 0.298 e. The summed E-state index contributed by atoms with van der Waals surface area (Å²) in [5.41, 5.74) is 0.409.